The number of anilines is 2. The summed E-state index contributed by atoms with van der Waals surface area (Å²) in [7, 11) is 0. The highest BCUT2D eigenvalue weighted by Crippen LogP contribution is 2.37. The van der Waals surface area contributed by atoms with Crippen LogP contribution < -0.4 is 21.3 Å². The Morgan fingerprint density at radius 2 is 1.96 bits per heavy atom. The number of aryl methyl sites for hydroxylation is 1. The lowest BCUT2D eigenvalue weighted by atomic mass is 10.0. The Hall–Kier alpha value is -4.64. The van der Waals surface area contributed by atoms with Crippen molar-refractivity contribution >= 4 is 29.0 Å². The third kappa shape index (κ3) is 7.42. The highest BCUT2D eigenvalue weighted by Gasteiger charge is 2.38. The molecule has 1 saturated heterocycles. The molecule has 2 atom stereocenters. The minimum absolute atomic E-state index is 0.0110. The van der Waals surface area contributed by atoms with Crippen molar-refractivity contribution in [2.24, 2.45) is 0 Å². The van der Waals surface area contributed by atoms with Crippen LogP contribution in [0.4, 0.5) is 33.5 Å². The van der Waals surface area contributed by atoms with Crippen molar-refractivity contribution in [3.63, 3.8) is 0 Å². The van der Waals surface area contributed by atoms with E-state index in [0.717, 1.165) is 11.8 Å². The smallest absolute Gasteiger partial charge is 0.392 e. The van der Waals surface area contributed by atoms with Crippen LogP contribution in [-0.4, -0.2) is 79.3 Å². The first kappa shape index (κ1) is 32.7. The fraction of sp³-hybridized carbons (Fsp3) is 0.414. The standard InChI is InChI=1S/C29H32F5N9O3/c1-2-16-10-17(4-5-19(16)27(45)36-6-3-7-37-28(46)21-11-18(44)12-38-21)40-25-26-39-13-22(43(26)9-8-35-25)20-14-42(15-23(30)31)41-24(20)29(32,33)34/h4-5,8-10,13-14,18,21,23,38,44H,2-3,6-7,11-12,15H2,1H3,(H,35,40)(H,36,45)(H,37,46)/t18-,21+/m1/s1. The summed E-state index contributed by atoms with van der Waals surface area (Å²) in [6, 6.07) is 4.62. The van der Waals surface area contributed by atoms with Gasteiger partial charge < -0.3 is 26.4 Å². The molecule has 5 N–H and O–H groups in total. The summed E-state index contributed by atoms with van der Waals surface area (Å²) in [5.41, 5.74) is 0.175. The van der Waals surface area contributed by atoms with Crippen molar-refractivity contribution in [2.75, 3.05) is 25.0 Å². The van der Waals surface area contributed by atoms with Crippen LogP contribution in [-0.2, 0) is 23.9 Å². The minimum Gasteiger partial charge on any atom is -0.392 e. The maximum absolute atomic E-state index is 13.7. The first-order valence-electron chi connectivity index (χ1n) is 14.6. The summed E-state index contributed by atoms with van der Waals surface area (Å²) >= 11 is 0. The molecular formula is C29H32F5N9O3. The Labute approximate surface area is 259 Å². The molecule has 4 aromatic rings. The summed E-state index contributed by atoms with van der Waals surface area (Å²) in [4.78, 5) is 33.5. The molecule has 4 heterocycles. The normalized spacial score (nSPS) is 16.7. The summed E-state index contributed by atoms with van der Waals surface area (Å²) in [6.45, 7) is 1.95. The minimum atomic E-state index is -4.89. The number of nitrogens with zero attached hydrogens (tertiary/aromatic N) is 5. The van der Waals surface area contributed by atoms with E-state index in [1.54, 1.807) is 18.2 Å². The van der Waals surface area contributed by atoms with Gasteiger partial charge in [0.1, 0.15) is 6.54 Å². The third-order valence-electron chi connectivity index (χ3n) is 7.42. The predicted octanol–water partition coefficient (Wildman–Crippen LogP) is 3.14. The molecule has 0 spiro atoms. The van der Waals surface area contributed by atoms with Crippen LogP contribution in [0.3, 0.4) is 0 Å². The largest absolute Gasteiger partial charge is 0.435 e. The fourth-order valence-electron chi connectivity index (χ4n) is 5.22. The highest BCUT2D eigenvalue weighted by atomic mass is 19.4. The monoisotopic (exact) mass is 649 g/mol. The number of aliphatic hydroxyl groups is 1. The van der Waals surface area contributed by atoms with E-state index in [4.69, 9.17) is 0 Å². The number of hydrogen-bond donors (Lipinski definition) is 5. The van der Waals surface area contributed by atoms with Gasteiger partial charge in [0, 0.05) is 49.5 Å². The number of carbonyl (C=O) groups is 2. The van der Waals surface area contributed by atoms with Gasteiger partial charge in [0.05, 0.1) is 29.6 Å². The van der Waals surface area contributed by atoms with E-state index in [1.165, 1.54) is 23.0 Å². The van der Waals surface area contributed by atoms with Gasteiger partial charge in [-0.25, -0.2) is 18.7 Å². The number of hydrogen-bond acceptors (Lipinski definition) is 8. The zero-order valence-corrected chi connectivity index (χ0v) is 24.6. The Kier molecular flexibility index (Phi) is 9.81. The number of rotatable bonds is 12. The van der Waals surface area contributed by atoms with Crippen LogP contribution in [0.5, 0.6) is 0 Å². The molecular weight excluding hydrogens is 617 g/mol. The molecule has 17 heteroatoms. The number of benzene rings is 1. The van der Waals surface area contributed by atoms with Gasteiger partial charge in [0.25, 0.3) is 12.3 Å². The zero-order chi connectivity index (χ0) is 33.0. The van der Waals surface area contributed by atoms with Crippen LogP contribution >= 0.6 is 0 Å². The lowest BCUT2D eigenvalue weighted by Crippen LogP contribution is -2.41. The number of fused-ring (bicyclic) bond motifs is 1. The van der Waals surface area contributed by atoms with Crippen molar-refractivity contribution < 1.29 is 36.6 Å². The average molecular weight is 650 g/mol. The van der Waals surface area contributed by atoms with Gasteiger partial charge in [0.2, 0.25) is 5.91 Å². The molecule has 2 amide bonds. The first-order chi connectivity index (χ1) is 21.9. The fourth-order valence-corrected chi connectivity index (χ4v) is 5.22. The van der Waals surface area contributed by atoms with E-state index in [-0.39, 0.29) is 29.0 Å². The Bertz CT molecular complexity index is 1710. The molecule has 1 aliphatic heterocycles. The number of aliphatic hydroxyl groups excluding tert-OH is 1. The zero-order valence-electron chi connectivity index (χ0n) is 24.6. The SMILES string of the molecule is CCc1cc(Nc2nccn3c(-c4cn(CC(F)F)nc4C(F)(F)F)cnc23)ccc1C(=O)NCCCNC(=O)[C@@H]1C[C@@H](O)CN1. The Morgan fingerprint density at radius 3 is 2.65 bits per heavy atom. The van der Waals surface area contributed by atoms with Gasteiger partial charge in [-0.2, -0.15) is 18.3 Å². The van der Waals surface area contributed by atoms with Gasteiger partial charge in [-0.15, -0.1) is 0 Å². The number of β-amino-alcohol motifs (C(OH)–C–C–N with tert-alkyl or cyclic N) is 1. The number of nitrogens with one attached hydrogen (secondary N) is 4. The van der Waals surface area contributed by atoms with Crippen molar-refractivity contribution in [3.05, 3.63) is 59.8 Å². The molecule has 246 valence electrons. The van der Waals surface area contributed by atoms with Crippen LogP contribution in [0, 0.1) is 0 Å². The maximum Gasteiger partial charge on any atom is 0.435 e. The molecule has 0 radical (unpaired) electrons. The summed E-state index contributed by atoms with van der Waals surface area (Å²) < 4.78 is 68.9. The molecule has 3 aromatic heterocycles. The number of aromatic nitrogens is 5. The summed E-state index contributed by atoms with van der Waals surface area (Å²) in [6.07, 6.45) is -2.06. The molecule has 0 saturated carbocycles. The second kappa shape index (κ2) is 13.8. The molecule has 12 nitrogen and oxygen atoms in total. The quantitative estimate of drug-likeness (QED) is 0.116. The van der Waals surface area contributed by atoms with E-state index < -0.39 is 42.5 Å². The molecule has 0 bridgehead atoms. The first-order valence-corrected chi connectivity index (χ1v) is 14.6. The summed E-state index contributed by atoms with van der Waals surface area (Å²) in [5.74, 6) is -0.268. The van der Waals surface area contributed by atoms with Crippen molar-refractivity contribution in [1.82, 2.24) is 40.1 Å². The van der Waals surface area contributed by atoms with E-state index in [0.29, 0.717) is 54.8 Å². The highest BCUT2D eigenvalue weighted by molar-refractivity contribution is 5.96. The third-order valence-corrected chi connectivity index (χ3v) is 7.42. The van der Waals surface area contributed by atoms with Crippen LogP contribution in [0.1, 0.15) is 41.4 Å². The number of carbonyl (C=O) groups excluding carboxylic acids is 2. The van der Waals surface area contributed by atoms with Gasteiger partial charge >= 0.3 is 6.18 Å². The van der Waals surface area contributed by atoms with Gasteiger partial charge in [-0.3, -0.25) is 18.7 Å². The maximum atomic E-state index is 13.7. The van der Waals surface area contributed by atoms with Crippen LogP contribution in [0.25, 0.3) is 16.9 Å². The van der Waals surface area contributed by atoms with Gasteiger partial charge in [-0.1, -0.05) is 6.92 Å². The Balaban J connectivity index is 1.26. The molecule has 0 aliphatic carbocycles. The van der Waals surface area contributed by atoms with E-state index in [9.17, 15) is 36.6 Å². The topological polar surface area (TPSA) is 150 Å². The van der Waals surface area contributed by atoms with Crippen molar-refractivity contribution in [2.45, 2.75) is 57.5 Å². The molecule has 0 unspecified atom stereocenters. The molecule has 1 aliphatic rings. The second-order valence-electron chi connectivity index (χ2n) is 10.7. The number of imidazole rings is 1. The van der Waals surface area contributed by atoms with Crippen LogP contribution in [0.15, 0.2) is 43.0 Å². The van der Waals surface area contributed by atoms with Gasteiger partial charge in [0.15, 0.2) is 17.2 Å². The van der Waals surface area contributed by atoms with E-state index >= 15 is 0 Å². The molecule has 1 aromatic carbocycles. The summed E-state index contributed by atoms with van der Waals surface area (Å²) in [5, 5.41) is 24.6. The molecule has 46 heavy (non-hydrogen) atoms. The number of halogens is 5. The van der Waals surface area contributed by atoms with E-state index in [1.807, 2.05) is 6.92 Å². The number of alkyl halides is 5. The van der Waals surface area contributed by atoms with Crippen molar-refractivity contribution in [1.29, 1.82) is 0 Å². The van der Waals surface area contributed by atoms with Gasteiger partial charge in [-0.05, 0) is 43.0 Å². The van der Waals surface area contributed by atoms with E-state index in [2.05, 4.69) is 36.3 Å². The predicted molar refractivity (Wildman–Crippen MR) is 157 cm³/mol. The molecule has 1 fully saturated rings. The molecule has 5 rings (SSSR count). The lowest BCUT2D eigenvalue weighted by molar-refractivity contribution is -0.141. The van der Waals surface area contributed by atoms with Crippen LogP contribution in [0.2, 0.25) is 0 Å². The number of amides is 2. The second-order valence-corrected chi connectivity index (χ2v) is 10.7. The lowest BCUT2D eigenvalue weighted by Gasteiger charge is -2.13. The average Bonchev–Trinajstić information content (AvgIpc) is 3.75. The Morgan fingerprint density at radius 1 is 1.17 bits per heavy atom. The van der Waals surface area contributed by atoms with Crippen molar-refractivity contribution in [3.8, 4) is 11.3 Å².